The molecular formula is C14H19N3O2. The molecule has 2 amide bonds. The first kappa shape index (κ1) is 13.5. The molecule has 1 atom stereocenters. The molecule has 0 aliphatic carbocycles. The minimum atomic E-state index is -0.871. The van der Waals surface area contributed by atoms with Crippen LogP contribution in [-0.2, 0) is 16.0 Å². The van der Waals surface area contributed by atoms with Crippen LogP contribution in [0.25, 0.3) is 0 Å². The highest BCUT2D eigenvalue weighted by Crippen LogP contribution is 2.26. The second kappa shape index (κ2) is 5.01. The first-order valence-electron chi connectivity index (χ1n) is 6.45. The van der Waals surface area contributed by atoms with Gasteiger partial charge in [-0.25, -0.2) is 0 Å². The summed E-state index contributed by atoms with van der Waals surface area (Å²) >= 11 is 0. The molecule has 4 N–H and O–H groups in total. The molecule has 0 radical (unpaired) electrons. The van der Waals surface area contributed by atoms with Gasteiger partial charge < -0.3 is 16.4 Å². The van der Waals surface area contributed by atoms with Crippen LogP contribution in [0.3, 0.4) is 0 Å². The van der Waals surface area contributed by atoms with Crippen molar-refractivity contribution in [2.75, 3.05) is 10.6 Å². The minimum Gasteiger partial charge on any atom is -0.326 e. The molecule has 0 bridgehead atoms. The summed E-state index contributed by atoms with van der Waals surface area (Å²) in [4.78, 5) is 23.2. The van der Waals surface area contributed by atoms with Crippen LogP contribution in [-0.4, -0.2) is 17.4 Å². The van der Waals surface area contributed by atoms with Crippen LogP contribution in [0.4, 0.5) is 11.4 Å². The number of carbonyl (C=O) groups is 2. The number of amides is 2. The maximum absolute atomic E-state index is 12.0. The molecular weight excluding hydrogens is 242 g/mol. The average Bonchev–Trinajstić information content (AvgIpc) is 2.38. The van der Waals surface area contributed by atoms with E-state index in [4.69, 9.17) is 5.73 Å². The lowest BCUT2D eigenvalue weighted by Gasteiger charge is -2.22. The van der Waals surface area contributed by atoms with Crippen molar-refractivity contribution in [2.45, 2.75) is 38.6 Å². The summed E-state index contributed by atoms with van der Waals surface area (Å²) in [5.41, 5.74) is 7.59. The summed E-state index contributed by atoms with van der Waals surface area (Å²) in [6.07, 6.45) is 1.74. The Balaban J connectivity index is 2.15. The van der Waals surface area contributed by atoms with Crippen LogP contribution in [0.5, 0.6) is 0 Å². The van der Waals surface area contributed by atoms with E-state index < -0.39 is 5.54 Å². The molecule has 0 saturated heterocycles. The Morgan fingerprint density at radius 1 is 1.47 bits per heavy atom. The van der Waals surface area contributed by atoms with E-state index in [0.29, 0.717) is 24.9 Å². The smallest absolute Gasteiger partial charge is 0.244 e. The summed E-state index contributed by atoms with van der Waals surface area (Å²) in [7, 11) is 0. The Morgan fingerprint density at radius 2 is 2.21 bits per heavy atom. The number of nitrogens with one attached hydrogen (secondary N) is 2. The van der Waals surface area contributed by atoms with Crippen LogP contribution in [0, 0.1) is 0 Å². The van der Waals surface area contributed by atoms with Gasteiger partial charge in [-0.15, -0.1) is 0 Å². The third-order valence-corrected chi connectivity index (χ3v) is 3.51. The monoisotopic (exact) mass is 261 g/mol. The van der Waals surface area contributed by atoms with Crippen molar-refractivity contribution in [2.24, 2.45) is 5.73 Å². The van der Waals surface area contributed by atoms with Gasteiger partial charge in [0.2, 0.25) is 11.8 Å². The van der Waals surface area contributed by atoms with Crippen LogP contribution in [0.2, 0.25) is 0 Å². The number of carbonyl (C=O) groups excluding carboxylic acids is 2. The highest BCUT2D eigenvalue weighted by molar-refractivity contribution is 5.99. The number of benzene rings is 1. The zero-order chi connectivity index (χ0) is 14.0. The second-order valence-corrected chi connectivity index (χ2v) is 5.15. The molecule has 0 fully saturated rings. The summed E-state index contributed by atoms with van der Waals surface area (Å²) in [6, 6.07) is 5.47. The van der Waals surface area contributed by atoms with Gasteiger partial charge in [0, 0.05) is 17.8 Å². The number of hydrogen-bond acceptors (Lipinski definition) is 3. The van der Waals surface area contributed by atoms with Gasteiger partial charge >= 0.3 is 0 Å². The average molecular weight is 261 g/mol. The largest absolute Gasteiger partial charge is 0.326 e. The lowest BCUT2D eigenvalue weighted by molar-refractivity contribution is -0.120. The summed E-state index contributed by atoms with van der Waals surface area (Å²) < 4.78 is 0. The van der Waals surface area contributed by atoms with Crippen molar-refractivity contribution >= 4 is 23.2 Å². The first-order valence-corrected chi connectivity index (χ1v) is 6.45. The molecule has 1 aromatic carbocycles. The fraction of sp³-hybridized carbons (Fsp3) is 0.429. The molecule has 0 spiro atoms. The normalized spacial score (nSPS) is 17.1. The maximum atomic E-state index is 12.0. The minimum absolute atomic E-state index is 0.0322. The van der Waals surface area contributed by atoms with E-state index in [-0.39, 0.29) is 11.8 Å². The highest BCUT2D eigenvalue weighted by atomic mass is 16.2. The lowest BCUT2D eigenvalue weighted by Crippen LogP contribution is -2.47. The second-order valence-electron chi connectivity index (χ2n) is 5.15. The van der Waals surface area contributed by atoms with Crippen molar-refractivity contribution < 1.29 is 9.59 Å². The van der Waals surface area contributed by atoms with Crippen LogP contribution in [0.15, 0.2) is 18.2 Å². The van der Waals surface area contributed by atoms with Gasteiger partial charge in [0.15, 0.2) is 0 Å². The standard InChI is InChI=1S/C14H19N3O2/c1-3-14(2,15)13(19)16-10-5-6-11-9(8-10)4-7-12(18)17-11/h5-6,8H,3-4,7,15H2,1-2H3,(H,16,19)(H,17,18). The molecule has 5 nitrogen and oxygen atoms in total. The molecule has 1 heterocycles. The molecule has 19 heavy (non-hydrogen) atoms. The molecule has 0 saturated carbocycles. The number of hydrogen-bond donors (Lipinski definition) is 3. The molecule has 102 valence electrons. The van der Waals surface area contributed by atoms with Gasteiger partial charge in [0.05, 0.1) is 5.54 Å². The number of rotatable bonds is 3. The Morgan fingerprint density at radius 3 is 2.89 bits per heavy atom. The third-order valence-electron chi connectivity index (χ3n) is 3.51. The molecule has 0 aromatic heterocycles. The Bertz CT molecular complexity index is 523. The molecule has 5 heteroatoms. The molecule has 1 aromatic rings. The van der Waals surface area contributed by atoms with Crippen molar-refractivity contribution in [3.05, 3.63) is 23.8 Å². The number of aryl methyl sites for hydroxylation is 1. The zero-order valence-electron chi connectivity index (χ0n) is 11.2. The van der Waals surface area contributed by atoms with E-state index in [1.54, 1.807) is 13.0 Å². The van der Waals surface area contributed by atoms with Crippen molar-refractivity contribution in [1.29, 1.82) is 0 Å². The quantitative estimate of drug-likeness (QED) is 0.773. The third kappa shape index (κ3) is 2.93. The fourth-order valence-electron chi connectivity index (χ4n) is 1.90. The van der Waals surface area contributed by atoms with Gasteiger partial charge in [-0.2, -0.15) is 0 Å². The molecule has 1 aliphatic rings. The number of nitrogens with two attached hydrogens (primary N) is 1. The van der Waals surface area contributed by atoms with Crippen LogP contribution in [0.1, 0.15) is 32.3 Å². The van der Waals surface area contributed by atoms with Gasteiger partial charge in [0.25, 0.3) is 0 Å². The van der Waals surface area contributed by atoms with E-state index in [1.165, 1.54) is 0 Å². The highest BCUT2D eigenvalue weighted by Gasteiger charge is 2.26. The van der Waals surface area contributed by atoms with Crippen molar-refractivity contribution in [3.63, 3.8) is 0 Å². The summed E-state index contributed by atoms with van der Waals surface area (Å²) in [5.74, 6) is -0.167. The van der Waals surface area contributed by atoms with Gasteiger partial charge in [-0.05, 0) is 43.5 Å². The van der Waals surface area contributed by atoms with Gasteiger partial charge in [0.1, 0.15) is 0 Å². The Labute approximate surface area is 112 Å². The van der Waals surface area contributed by atoms with Gasteiger partial charge in [-0.3, -0.25) is 9.59 Å². The summed E-state index contributed by atoms with van der Waals surface area (Å²) in [6.45, 7) is 3.59. The van der Waals surface area contributed by atoms with Gasteiger partial charge in [-0.1, -0.05) is 6.92 Å². The SMILES string of the molecule is CCC(C)(N)C(=O)Nc1ccc2c(c1)CCC(=O)N2. The Kier molecular flexibility index (Phi) is 3.57. The molecule has 1 aliphatic heterocycles. The predicted octanol–water partition coefficient (Wildman–Crippen LogP) is 1.64. The van der Waals surface area contributed by atoms with E-state index in [1.807, 2.05) is 19.1 Å². The van der Waals surface area contributed by atoms with E-state index in [0.717, 1.165) is 11.3 Å². The zero-order valence-corrected chi connectivity index (χ0v) is 11.2. The van der Waals surface area contributed by atoms with Crippen molar-refractivity contribution in [1.82, 2.24) is 0 Å². The van der Waals surface area contributed by atoms with E-state index in [2.05, 4.69) is 10.6 Å². The first-order chi connectivity index (χ1) is 8.92. The van der Waals surface area contributed by atoms with Crippen molar-refractivity contribution in [3.8, 4) is 0 Å². The predicted molar refractivity (Wildman–Crippen MR) is 74.9 cm³/mol. The molecule has 2 rings (SSSR count). The maximum Gasteiger partial charge on any atom is 0.244 e. The van der Waals surface area contributed by atoms with Crippen LogP contribution < -0.4 is 16.4 Å². The van der Waals surface area contributed by atoms with Crippen LogP contribution >= 0.6 is 0 Å². The fourth-order valence-corrected chi connectivity index (χ4v) is 1.90. The van der Waals surface area contributed by atoms with E-state index >= 15 is 0 Å². The number of anilines is 2. The van der Waals surface area contributed by atoms with E-state index in [9.17, 15) is 9.59 Å². The molecule has 1 unspecified atom stereocenters. The summed E-state index contributed by atoms with van der Waals surface area (Å²) in [5, 5.41) is 5.62. The Hall–Kier alpha value is -1.88. The lowest BCUT2D eigenvalue weighted by atomic mass is 9.98. The topological polar surface area (TPSA) is 84.2 Å². The number of fused-ring (bicyclic) bond motifs is 1.